The van der Waals surface area contributed by atoms with Gasteiger partial charge in [0, 0.05) is 13.1 Å². The average Bonchev–Trinajstić information content (AvgIpc) is 3.19. The standard InChI is InChI=1S/C15H21NO2/c1-3-16(11-13-7-5-4-6-8-13)12-15(9-10-15)14(17)18-2/h4-8H,3,9-12H2,1-2H3. The zero-order valence-electron chi connectivity index (χ0n) is 11.2. The van der Waals surface area contributed by atoms with Crippen LogP contribution in [0.5, 0.6) is 0 Å². The maximum absolute atomic E-state index is 11.8. The maximum Gasteiger partial charge on any atom is 0.313 e. The summed E-state index contributed by atoms with van der Waals surface area (Å²) < 4.78 is 4.91. The second kappa shape index (κ2) is 5.53. The van der Waals surface area contributed by atoms with Crippen LogP contribution in [-0.4, -0.2) is 31.1 Å². The van der Waals surface area contributed by atoms with Crippen molar-refractivity contribution in [1.29, 1.82) is 0 Å². The van der Waals surface area contributed by atoms with Crippen molar-refractivity contribution in [1.82, 2.24) is 4.90 Å². The first-order valence-electron chi connectivity index (χ1n) is 6.55. The van der Waals surface area contributed by atoms with Crippen LogP contribution in [0.3, 0.4) is 0 Å². The molecule has 0 saturated heterocycles. The Morgan fingerprint density at radius 3 is 2.50 bits per heavy atom. The van der Waals surface area contributed by atoms with E-state index in [9.17, 15) is 4.79 Å². The summed E-state index contributed by atoms with van der Waals surface area (Å²) in [7, 11) is 1.48. The lowest BCUT2D eigenvalue weighted by Gasteiger charge is -2.24. The number of hydrogen-bond donors (Lipinski definition) is 0. The van der Waals surface area contributed by atoms with Crippen LogP contribution in [0.25, 0.3) is 0 Å². The Bertz CT molecular complexity index is 398. The van der Waals surface area contributed by atoms with Crippen LogP contribution < -0.4 is 0 Å². The molecule has 0 N–H and O–H groups in total. The third kappa shape index (κ3) is 2.91. The molecule has 98 valence electrons. The van der Waals surface area contributed by atoms with Gasteiger partial charge >= 0.3 is 5.97 Å². The summed E-state index contributed by atoms with van der Waals surface area (Å²) in [5.41, 5.74) is 1.07. The van der Waals surface area contributed by atoms with Gasteiger partial charge in [0.15, 0.2) is 0 Å². The van der Waals surface area contributed by atoms with Gasteiger partial charge in [0.25, 0.3) is 0 Å². The molecule has 1 aromatic rings. The first-order valence-corrected chi connectivity index (χ1v) is 6.55. The van der Waals surface area contributed by atoms with Gasteiger partial charge in [0.05, 0.1) is 12.5 Å². The molecule has 3 heteroatoms. The Balaban J connectivity index is 1.96. The lowest BCUT2D eigenvalue weighted by molar-refractivity contribution is -0.147. The summed E-state index contributed by atoms with van der Waals surface area (Å²) in [6.07, 6.45) is 1.93. The van der Waals surface area contributed by atoms with E-state index in [4.69, 9.17) is 4.74 Å². The molecule has 0 amide bonds. The number of esters is 1. The van der Waals surface area contributed by atoms with Crippen LogP contribution in [0, 0.1) is 5.41 Å². The van der Waals surface area contributed by atoms with Gasteiger partial charge in [0.2, 0.25) is 0 Å². The van der Waals surface area contributed by atoms with E-state index in [0.29, 0.717) is 0 Å². The van der Waals surface area contributed by atoms with Crippen LogP contribution in [0.1, 0.15) is 25.3 Å². The molecule has 1 aliphatic carbocycles. The third-order valence-electron chi connectivity index (χ3n) is 3.69. The fourth-order valence-electron chi connectivity index (χ4n) is 2.34. The molecule has 1 fully saturated rings. The number of hydrogen-bond acceptors (Lipinski definition) is 3. The molecular formula is C15H21NO2. The highest BCUT2D eigenvalue weighted by Crippen LogP contribution is 2.47. The minimum atomic E-state index is -0.223. The van der Waals surface area contributed by atoms with Gasteiger partial charge in [-0.15, -0.1) is 0 Å². The van der Waals surface area contributed by atoms with Crippen molar-refractivity contribution in [2.24, 2.45) is 5.41 Å². The Morgan fingerprint density at radius 2 is 2.00 bits per heavy atom. The van der Waals surface area contributed by atoms with E-state index in [2.05, 4.69) is 36.1 Å². The highest BCUT2D eigenvalue weighted by Gasteiger charge is 2.51. The van der Waals surface area contributed by atoms with E-state index in [-0.39, 0.29) is 11.4 Å². The van der Waals surface area contributed by atoms with Crippen molar-refractivity contribution in [3.8, 4) is 0 Å². The van der Waals surface area contributed by atoms with Gasteiger partial charge in [0.1, 0.15) is 0 Å². The molecule has 18 heavy (non-hydrogen) atoms. The van der Waals surface area contributed by atoms with Crippen LogP contribution in [0.15, 0.2) is 30.3 Å². The summed E-state index contributed by atoms with van der Waals surface area (Å²) in [5, 5.41) is 0. The number of carbonyl (C=O) groups excluding carboxylic acids is 1. The molecule has 0 aliphatic heterocycles. The number of ether oxygens (including phenoxy) is 1. The first kappa shape index (κ1) is 13.1. The third-order valence-corrected chi connectivity index (χ3v) is 3.69. The van der Waals surface area contributed by atoms with E-state index in [1.54, 1.807) is 0 Å². The summed E-state index contributed by atoms with van der Waals surface area (Å²) in [6, 6.07) is 10.4. The monoisotopic (exact) mass is 247 g/mol. The summed E-state index contributed by atoms with van der Waals surface area (Å²) in [4.78, 5) is 14.1. The quantitative estimate of drug-likeness (QED) is 0.723. The second-order valence-corrected chi connectivity index (χ2v) is 5.06. The fourth-order valence-corrected chi connectivity index (χ4v) is 2.34. The molecule has 0 aromatic heterocycles. The van der Waals surface area contributed by atoms with Crippen molar-refractivity contribution in [3.63, 3.8) is 0 Å². The van der Waals surface area contributed by atoms with Gasteiger partial charge in [-0.25, -0.2) is 0 Å². The van der Waals surface area contributed by atoms with E-state index in [0.717, 1.165) is 32.5 Å². The van der Waals surface area contributed by atoms with Crippen LogP contribution >= 0.6 is 0 Å². The molecular weight excluding hydrogens is 226 g/mol. The van der Waals surface area contributed by atoms with Crippen molar-refractivity contribution in [3.05, 3.63) is 35.9 Å². The Morgan fingerprint density at radius 1 is 1.33 bits per heavy atom. The van der Waals surface area contributed by atoms with Crippen molar-refractivity contribution in [2.75, 3.05) is 20.2 Å². The van der Waals surface area contributed by atoms with E-state index < -0.39 is 0 Å². The number of methoxy groups -OCH3 is 1. The Hall–Kier alpha value is -1.35. The lowest BCUT2D eigenvalue weighted by atomic mass is 10.1. The zero-order chi connectivity index (χ0) is 13.0. The second-order valence-electron chi connectivity index (χ2n) is 5.06. The summed E-state index contributed by atoms with van der Waals surface area (Å²) in [5.74, 6) is -0.0472. The Kier molecular flexibility index (Phi) is 4.02. The molecule has 0 spiro atoms. The first-order chi connectivity index (χ1) is 8.70. The SMILES string of the molecule is CCN(Cc1ccccc1)CC1(C(=O)OC)CC1. The molecule has 1 saturated carbocycles. The molecule has 1 aromatic carbocycles. The molecule has 3 nitrogen and oxygen atoms in total. The number of rotatable bonds is 6. The molecule has 0 bridgehead atoms. The fraction of sp³-hybridized carbons (Fsp3) is 0.533. The average molecular weight is 247 g/mol. The molecule has 0 heterocycles. The van der Waals surface area contributed by atoms with Crippen molar-refractivity contribution in [2.45, 2.75) is 26.3 Å². The summed E-state index contributed by atoms with van der Waals surface area (Å²) >= 11 is 0. The van der Waals surface area contributed by atoms with Crippen molar-refractivity contribution >= 4 is 5.97 Å². The van der Waals surface area contributed by atoms with Gasteiger partial charge in [-0.3, -0.25) is 9.69 Å². The van der Waals surface area contributed by atoms with Crippen LogP contribution in [0.2, 0.25) is 0 Å². The zero-order valence-corrected chi connectivity index (χ0v) is 11.2. The predicted octanol–water partition coefficient (Wildman–Crippen LogP) is 2.46. The van der Waals surface area contributed by atoms with Crippen LogP contribution in [0.4, 0.5) is 0 Å². The van der Waals surface area contributed by atoms with Gasteiger partial charge < -0.3 is 4.74 Å². The molecule has 0 unspecified atom stereocenters. The van der Waals surface area contributed by atoms with E-state index in [1.807, 2.05) is 6.07 Å². The highest BCUT2D eigenvalue weighted by atomic mass is 16.5. The smallest absolute Gasteiger partial charge is 0.313 e. The van der Waals surface area contributed by atoms with E-state index >= 15 is 0 Å². The number of carbonyl (C=O) groups is 1. The molecule has 1 aliphatic rings. The summed E-state index contributed by atoms with van der Waals surface area (Å²) in [6.45, 7) is 4.80. The topological polar surface area (TPSA) is 29.5 Å². The molecule has 2 rings (SSSR count). The maximum atomic E-state index is 11.8. The number of nitrogens with zero attached hydrogens (tertiary/aromatic N) is 1. The highest BCUT2D eigenvalue weighted by molar-refractivity contribution is 5.80. The number of benzene rings is 1. The largest absolute Gasteiger partial charge is 0.469 e. The Labute approximate surface area is 109 Å². The molecule has 0 atom stereocenters. The van der Waals surface area contributed by atoms with Gasteiger partial charge in [-0.1, -0.05) is 37.3 Å². The minimum absolute atomic E-state index is 0.0472. The predicted molar refractivity (Wildman–Crippen MR) is 71.1 cm³/mol. The van der Waals surface area contributed by atoms with Crippen LogP contribution in [-0.2, 0) is 16.1 Å². The van der Waals surface area contributed by atoms with Gasteiger partial charge in [-0.05, 0) is 24.9 Å². The minimum Gasteiger partial charge on any atom is -0.469 e. The van der Waals surface area contributed by atoms with E-state index in [1.165, 1.54) is 12.7 Å². The molecule has 0 radical (unpaired) electrons. The van der Waals surface area contributed by atoms with Crippen molar-refractivity contribution < 1.29 is 9.53 Å². The lowest BCUT2D eigenvalue weighted by Crippen LogP contribution is -2.34. The normalized spacial score (nSPS) is 16.6. The van der Waals surface area contributed by atoms with Gasteiger partial charge in [-0.2, -0.15) is 0 Å².